The normalized spacial score (nSPS) is 12.1. The second-order valence-corrected chi connectivity index (χ2v) is 6.23. The van der Waals surface area contributed by atoms with Gasteiger partial charge in [-0.1, -0.05) is 61.2 Å². The Kier molecular flexibility index (Phi) is 7.84. The molecule has 2 rings (SSSR count). The van der Waals surface area contributed by atoms with E-state index in [0.29, 0.717) is 5.56 Å². The van der Waals surface area contributed by atoms with Gasteiger partial charge in [-0.25, -0.2) is 0 Å². The van der Waals surface area contributed by atoms with E-state index in [9.17, 15) is 4.79 Å². The van der Waals surface area contributed by atoms with Crippen LogP contribution in [0.15, 0.2) is 61.2 Å². The maximum absolute atomic E-state index is 12.8. The number of allylic oxidation sites excluding steroid dienone is 1. The molecule has 0 aliphatic rings. The number of rotatable bonds is 9. The van der Waals surface area contributed by atoms with Gasteiger partial charge in [0.25, 0.3) is 5.91 Å². The predicted molar refractivity (Wildman–Crippen MR) is 111 cm³/mol. The zero-order chi connectivity index (χ0) is 18.8. The molecule has 3 heteroatoms. The molecule has 0 bridgehead atoms. The van der Waals surface area contributed by atoms with Crippen molar-refractivity contribution in [3.8, 4) is 0 Å². The van der Waals surface area contributed by atoms with Gasteiger partial charge < -0.3 is 10.6 Å². The van der Waals surface area contributed by atoms with Gasteiger partial charge in [-0.05, 0) is 62.2 Å². The van der Waals surface area contributed by atoms with Crippen molar-refractivity contribution in [1.82, 2.24) is 10.6 Å². The van der Waals surface area contributed by atoms with Crippen molar-refractivity contribution < 1.29 is 4.79 Å². The van der Waals surface area contributed by atoms with Crippen LogP contribution in [0.1, 0.15) is 52.9 Å². The first-order valence-electron chi connectivity index (χ1n) is 9.09. The molecule has 0 unspecified atom stereocenters. The highest BCUT2D eigenvalue weighted by atomic mass is 16.1. The van der Waals surface area contributed by atoms with Crippen LogP contribution in [-0.2, 0) is 0 Å². The van der Waals surface area contributed by atoms with Gasteiger partial charge in [-0.15, -0.1) is 0 Å². The third kappa shape index (κ3) is 5.43. The van der Waals surface area contributed by atoms with Crippen LogP contribution in [0.5, 0.6) is 0 Å². The molecule has 1 amide bonds. The van der Waals surface area contributed by atoms with Crippen LogP contribution in [0.2, 0.25) is 0 Å². The largest absolute Gasteiger partial charge is 0.345 e. The first-order chi connectivity index (χ1) is 12.7. The van der Waals surface area contributed by atoms with E-state index in [4.69, 9.17) is 0 Å². The topological polar surface area (TPSA) is 41.1 Å². The average Bonchev–Trinajstić information content (AvgIpc) is 2.68. The van der Waals surface area contributed by atoms with E-state index in [1.165, 1.54) is 0 Å². The molecule has 0 saturated heterocycles. The molecule has 0 radical (unpaired) electrons. The highest BCUT2D eigenvalue weighted by Gasteiger charge is 2.16. The lowest BCUT2D eigenvalue weighted by atomic mass is 10.00. The molecule has 2 N–H and O–H groups in total. The maximum atomic E-state index is 12.8. The van der Waals surface area contributed by atoms with Gasteiger partial charge >= 0.3 is 0 Å². The van der Waals surface area contributed by atoms with E-state index in [-0.39, 0.29) is 11.9 Å². The van der Waals surface area contributed by atoms with E-state index in [0.717, 1.165) is 36.1 Å². The summed E-state index contributed by atoms with van der Waals surface area (Å²) in [6.45, 7) is 6.73. The van der Waals surface area contributed by atoms with Crippen LogP contribution in [0.3, 0.4) is 0 Å². The van der Waals surface area contributed by atoms with E-state index in [1.54, 1.807) is 0 Å². The minimum absolute atomic E-state index is 0.00120. The van der Waals surface area contributed by atoms with Crippen molar-refractivity contribution in [2.24, 2.45) is 0 Å². The summed E-state index contributed by atoms with van der Waals surface area (Å²) in [6, 6.07) is 15.9. The molecule has 0 fully saturated rings. The fourth-order valence-electron chi connectivity index (χ4n) is 2.96. The van der Waals surface area contributed by atoms with Gasteiger partial charge in [0.15, 0.2) is 0 Å². The number of nitrogens with one attached hydrogen (secondary N) is 2. The van der Waals surface area contributed by atoms with Crippen molar-refractivity contribution in [3.63, 3.8) is 0 Å². The fraction of sp³-hybridized carbons (Fsp3) is 0.261. The monoisotopic (exact) mass is 348 g/mol. The number of carbonyl (C=O) groups excluding carboxylic acids is 1. The Labute approximate surface area is 156 Å². The lowest BCUT2D eigenvalue weighted by Crippen LogP contribution is -2.29. The number of benzene rings is 2. The predicted octanol–water partition coefficient (Wildman–Crippen LogP) is 4.83. The quantitative estimate of drug-likeness (QED) is 0.637. The minimum atomic E-state index is -0.0512. The third-order valence-corrected chi connectivity index (χ3v) is 4.34. The maximum Gasteiger partial charge on any atom is 0.251 e. The molecule has 0 heterocycles. The molecule has 0 aromatic heterocycles. The molecule has 0 aliphatic carbocycles. The van der Waals surface area contributed by atoms with Crippen LogP contribution in [-0.4, -0.2) is 19.5 Å². The molecule has 2 aromatic carbocycles. The van der Waals surface area contributed by atoms with Crippen LogP contribution in [0.4, 0.5) is 0 Å². The van der Waals surface area contributed by atoms with Crippen LogP contribution < -0.4 is 10.6 Å². The molecule has 1 atom stereocenters. The van der Waals surface area contributed by atoms with Gasteiger partial charge in [0, 0.05) is 5.56 Å². The van der Waals surface area contributed by atoms with Crippen molar-refractivity contribution in [3.05, 3.63) is 83.4 Å². The molecule has 0 aliphatic heterocycles. The molecule has 3 nitrogen and oxygen atoms in total. The van der Waals surface area contributed by atoms with E-state index in [2.05, 4.69) is 29.3 Å². The highest BCUT2D eigenvalue weighted by Crippen LogP contribution is 2.20. The van der Waals surface area contributed by atoms with Gasteiger partial charge in [0.1, 0.15) is 0 Å². The summed E-state index contributed by atoms with van der Waals surface area (Å²) < 4.78 is 0. The van der Waals surface area contributed by atoms with Gasteiger partial charge in [0.05, 0.1) is 6.04 Å². The Balaban J connectivity index is 2.20. The van der Waals surface area contributed by atoms with Crippen LogP contribution in [0.25, 0.3) is 12.2 Å². The van der Waals surface area contributed by atoms with Gasteiger partial charge in [-0.3, -0.25) is 4.79 Å². The molecular weight excluding hydrogens is 320 g/mol. The van der Waals surface area contributed by atoms with E-state index in [1.807, 2.05) is 68.6 Å². The third-order valence-electron chi connectivity index (χ3n) is 4.34. The number of carbonyl (C=O) groups is 1. The Morgan fingerprint density at radius 3 is 2.58 bits per heavy atom. The molecule has 26 heavy (non-hydrogen) atoms. The van der Waals surface area contributed by atoms with Crippen molar-refractivity contribution >= 4 is 18.1 Å². The van der Waals surface area contributed by atoms with Crippen LogP contribution in [0, 0.1) is 0 Å². The summed E-state index contributed by atoms with van der Waals surface area (Å²) in [6.07, 6.45) is 7.66. The second-order valence-electron chi connectivity index (χ2n) is 6.23. The lowest BCUT2D eigenvalue weighted by molar-refractivity contribution is 0.0934. The standard InChI is InChI=1S/C23H28N2O/c1-4-10-20-17-21(15-14-18(20)5-2)23(26)25-22(13-9-16-24-3)19-11-7-6-8-12-19/h4-8,10-12,14-15,17,22,24H,2,9,13,16H2,1,3H3,(H,25,26)/b10-4-/t22-/m0/s1. The smallest absolute Gasteiger partial charge is 0.251 e. The first kappa shape index (κ1) is 19.7. The van der Waals surface area contributed by atoms with Gasteiger partial charge in [0.2, 0.25) is 0 Å². The highest BCUT2D eigenvalue weighted by molar-refractivity contribution is 5.95. The zero-order valence-corrected chi connectivity index (χ0v) is 15.7. The fourth-order valence-corrected chi connectivity index (χ4v) is 2.96. The lowest BCUT2D eigenvalue weighted by Gasteiger charge is -2.20. The van der Waals surface area contributed by atoms with E-state index >= 15 is 0 Å². The first-order valence-corrected chi connectivity index (χ1v) is 9.09. The van der Waals surface area contributed by atoms with Crippen molar-refractivity contribution in [2.45, 2.75) is 25.8 Å². The minimum Gasteiger partial charge on any atom is -0.345 e. The molecule has 136 valence electrons. The van der Waals surface area contributed by atoms with Gasteiger partial charge in [-0.2, -0.15) is 0 Å². The van der Waals surface area contributed by atoms with E-state index < -0.39 is 0 Å². The summed E-state index contributed by atoms with van der Waals surface area (Å²) in [5.41, 5.74) is 3.82. The molecular formula is C23H28N2O. The Bertz CT molecular complexity index is 750. The van der Waals surface area contributed by atoms with Crippen molar-refractivity contribution in [1.29, 1.82) is 0 Å². The summed E-state index contributed by atoms with van der Waals surface area (Å²) in [5, 5.41) is 6.36. The second kappa shape index (κ2) is 10.4. The van der Waals surface area contributed by atoms with Crippen molar-refractivity contribution in [2.75, 3.05) is 13.6 Å². The zero-order valence-electron chi connectivity index (χ0n) is 15.7. The molecule has 2 aromatic rings. The molecule has 0 saturated carbocycles. The summed E-state index contributed by atoms with van der Waals surface area (Å²) in [7, 11) is 1.94. The Morgan fingerprint density at radius 1 is 1.15 bits per heavy atom. The Hall–Kier alpha value is -2.65. The summed E-state index contributed by atoms with van der Waals surface area (Å²) in [5.74, 6) is -0.0512. The number of hydrogen-bond acceptors (Lipinski definition) is 2. The number of hydrogen-bond donors (Lipinski definition) is 2. The summed E-state index contributed by atoms with van der Waals surface area (Å²) in [4.78, 5) is 12.8. The van der Waals surface area contributed by atoms with Crippen LogP contribution >= 0.6 is 0 Å². The molecule has 0 spiro atoms. The number of amides is 1. The summed E-state index contributed by atoms with van der Waals surface area (Å²) >= 11 is 0. The Morgan fingerprint density at radius 2 is 1.92 bits per heavy atom. The SMILES string of the molecule is C=Cc1ccc(C(=O)N[C@@H](CCCNC)c2ccccc2)cc1/C=C\C. The average molecular weight is 348 g/mol.